The van der Waals surface area contributed by atoms with Gasteiger partial charge in [-0.15, -0.1) is 20.5 Å². The predicted molar refractivity (Wildman–Crippen MR) is 164 cm³/mol. The third-order valence-electron chi connectivity index (χ3n) is 6.87. The molecule has 0 aliphatic rings. The third kappa shape index (κ3) is 6.43. The van der Waals surface area contributed by atoms with Crippen LogP contribution in [0, 0.1) is 0 Å². The van der Waals surface area contributed by atoms with Gasteiger partial charge in [0.1, 0.15) is 15.8 Å². The summed E-state index contributed by atoms with van der Waals surface area (Å²) in [5.41, 5.74) is 6.36. The Morgan fingerprint density at radius 3 is 1.96 bits per heavy atom. The Hall–Kier alpha value is -4.28. The smallest absolute Gasteiger partial charge is 0.744 e. The normalized spacial score (nSPS) is 12.4. The molecule has 45 heavy (non-hydrogen) atoms. The monoisotopic (exact) mass is 649 g/mol. The fraction of sp³-hybridized carbons (Fsp3) is 0. The van der Waals surface area contributed by atoms with Crippen LogP contribution in [0.2, 0.25) is 0 Å². The van der Waals surface area contributed by atoms with Crippen LogP contribution in [0.25, 0.3) is 32.3 Å². The Bertz CT molecular complexity index is 2430. The number of rotatable bonds is 6. The van der Waals surface area contributed by atoms with Gasteiger partial charge in [0, 0.05) is 27.2 Å². The molecule has 0 bridgehead atoms. The molecule has 0 atom stereocenters. The zero-order valence-electron chi connectivity index (χ0n) is 23.4. The molecule has 6 aromatic rings. The van der Waals surface area contributed by atoms with Gasteiger partial charge in [0.2, 0.25) is 0 Å². The van der Waals surface area contributed by atoms with Gasteiger partial charge in [-0.25, -0.2) is 8.42 Å². The topological polar surface area (TPSA) is 207 Å². The van der Waals surface area contributed by atoms with Crippen molar-refractivity contribution < 1.29 is 60.6 Å². The second kappa shape index (κ2) is 12.3. The number of phenolic OH excluding ortho intramolecular Hbond substituents is 1. The second-order valence-corrected chi connectivity index (χ2v) is 12.5. The summed E-state index contributed by atoms with van der Waals surface area (Å²) in [6.45, 7) is 0. The molecule has 220 valence electrons. The summed E-state index contributed by atoms with van der Waals surface area (Å²) in [6, 6.07) is 25.2. The summed E-state index contributed by atoms with van der Waals surface area (Å²) in [4.78, 5) is -1.28. The van der Waals surface area contributed by atoms with Crippen LogP contribution < -0.4 is 35.3 Å². The van der Waals surface area contributed by atoms with Gasteiger partial charge in [-0.05, 0) is 65.4 Å². The number of anilines is 1. The second-order valence-electron chi connectivity index (χ2n) is 9.69. The number of hydrogen-bond donors (Lipinski definition) is 3. The average Bonchev–Trinajstić information content (AvgIpc) is 2.98. The van der Waals surface area contributed by atoms with E-state index in [1.807, 2.05) is 36.4 Å². The molecule has 0 aliphatic carbocycles. The van der Waals surface area contributed by atoms with E-state index in [9.17, 15) is 31.0 Å². The SMILES string of the molecule is Nc1ccc2c(O)c(N=Nc3ccc(N=Nc4cccc5ccccc45)c4ccc(S(=O)(=O)O)cc34)c(S(=O)(=O)[O-])cc2c1.[Na+]. The van der Waals surface area contributed by atoms with Gasteiger partial charge in [-0.1, -0.05) is 42.5 Å². The molecule has 0 saturated heterocycles. The van der Waals surface area contributed by atoms with Crippen LogP contribution in [0.4, 0.5) is 28.4 Å². The van der Waals surface area contributed by atoms with Crippen LogP contribution in [-0.2, 0) is 20.2 Å². The largest absolute Gasteiger partial charge is 1.00 e. The van der Waals surface area contributed by atoms with E-state index in [0.29, 0.717) is 16.8 Å². The zero-order valence-corrected chi connectivity index (χ0v) is 27.0. The number of azo groups is 2. The fourth-order valence-corrected chi connectivity index (χ4v) is 5.95. The molecule has 0 radical (unpaired) electrons. The van der Waals surface area contributed by atoms with Crippen molar-refractivity contribution in [3.63, 3.8) is 0 Å². The van der Waals surface area contributed by atoms with E-state index in [0.717, 1.165) is 22.9 Å². The molecule has 0 heterocycles. The first kappa shape index (κ1) is 32.1. The molecule has 0 amide bonds. The molecule has 0 fully saturated rings. The van der Waals surface area contributed by atoms with Gasteiger partial charge < -0.3 is 15.4 Å². The molecule has 0 unspecified atom stereocenters. The van der Waals surface area contributed by atoms with Gasteiger partial charge in [0.05, 0.1) is 26.9 Å². The third-order valence-corrected chi connectivity index (χ3v) is 8.57. The average molecular weight is 650 g/mol. The predicted octanol–water partition coefficient (Wildman–Crippen LogP) is 4.42. The van der Waals surface area contributed by atoms with E-state index in [-0.39, 0.29) is 57.1 Å². The Kier molecular flexibility index (Phi) is 8.75. The minimum Gasteiger partial charge on any atom is -0.744 e. The number of fused-ring (bicyclic) bond motifs is 3. The minimum absolute atomic E-state index is 0. The number of benzene rings is 6. The van der Waals surface area contributed by atoms with Gasteiger partial charge in [-0.3, -0.25) is 4.55 Å². The molecular weight excluding hydrogens is 629 g/mol. The molecule has 12 nitrogen and oxygen atoms in total. The molecular formula is C30H20N5NaO7S2. The van der Waals surface area contributed by atoms with Crippen molar-refractivity contribution in [2.75, 3.05) is 5.73 Å². The summed E-state index contributed by atoms with van der Waals surface area (Å²) in [6.07, 6.45) is 0. The summed E-state index contributed by atoms with van der Waals surface area (Å²) >= 11 is 0. The summed E-state index contributed by atoms with van der Waals surface area (Å²) in [5.74, 6) is -0.621. The molecule has 4 N–H and O–H groups in total. The maximum Gasteiger partial charge on any atom is 1.00 e. The van der Waals surface area contributed by atoms with Crippen molar-refractivity contribution in [1.82, 2.24) is 0 Å². The van der Waals surface area contributed by atoms with E-state index in [1.165, 1.54) is 42.5 Å². The van der Waals surface area contributed by atoms with Crippen molar-refractivity contribution in [3.8, 4) is 5.75 Å². The molecule has 6 rings (SSSR count). The van der Waals surface area contributed by atoms with Crippen molar-refractivity contribution >= 4 is 81.0 Å². The quantitative estimate of drug-likeness (QED) is 0.102. The van der Waals surface area contributed by atoms with Crippen LogP contribution in [-0.4, -0.2) is 31.0 Å². The van der Waals surface area contributed by atoms with E-state index in [2.05, 4.69) is 20.5 Å². The van der Waals surface area contributed by atoms with Crippen LogP contribution in [0.3, 0.4) is 0 Å². The van der Waals surface area contributed by atoms with Crippen LogP contribution in [0.5, 0.6) is 5.75 Å². The molecule has 0 spiro atoms. The maximum atomic E-state index is 12.1. The molecule has 0 aliphatic heterocycles. The van der Waals surface area contributed by atoms with E-state index in [4.69, 9.17) is 5.73 Å². The molecule has 6 aromatic carbocycles. The Morgan fingerprint density at radius 2 is 1.24 bits per heavy atom. The molecule has 15 heteroatoms. The first-order chi connectivity index (χ1) is 20.9. The summed E-state index contributed by atoms with van der Waals surface area (Å²) in [7, 11) is -9.76. The van der Waals surface area contributed by atoms with Gasteiger partial charge in [0.25, 0.3) is 10.1 Å². The number of phenols is 1. The zero-order chi connectivity index (χ0) is 31.2. The first-order valence-electron chi connectivity index (χ1n) is 12.8. The number of nitrogen functional groups attached to an aromatic ring is 1. The van der Waals surface area contributed by atoms with Gasteiger partial charge >= 0.3 is 29.6 Å². The van der Waals surface area contributed by atoms with Crippen molar-refractivity contribution in [2.45, 2.75) is 9.79 Å². The summed E-state index contributed by atoms with van der Waals surface area (Å²) < 4.78 is 69.9. The molecule has 0 aromatic heterocycles. The molecule has 0 saturated carbocycles. The maximum absolute atomic E-state index is 12.1. The Morgan fingerprint density at radius 1 is 0.622 bits per heavy atom. The standard InChI is InChI=1S/C30H21N5O7S2.Na/c31-19-8-10-22-18(14-19)15-28(44(40,41)42)29(30(22)36)35-34-27-13-12-26(23-11-9-20(16-24(23)27)43(37,38)39)33-32-25-7-3-5-17-4-1-2-6-21(17)25;/h1-16,36H,31H2,(H,37,38,39)(H,40,41,42);/q;+1/p-1. The fourth-order valence-electron chi connectivity index (χ4n) is 4.80. The van der Waals surface area contributed by atoms with Crippen molar-refractivity contribution in [2.24, 2.45) is 20.5 Å². The van der Waals surface area contributed by atoms with Crippen LogP contribution >= 0.6 is 0 Å². The van der Waals surface area contributed by atoms with Crippen LogP contribution in [0.1, 0.15) is 0 Å². The first-order valence-corrected chi connectivity index (χ1v) is 15.6. The van der Waals surface area contributed by atoms with Crippen molar-refractivity contribution in [3.05, 3.63) is 97.1 Å². The Balaban J connectivity index is 0.00000400. The number of nitrogens with zero attached hydrogens (tertiary/aromatic N) is 4. The van der Waals surface area contributed by atoms with Gasteiger partial charge in [-0.2, -0.15) is 8.42 Å². The number of nitrogens with two attached hydrogens (primary N) is 1. The van der Waals surface area contributed by atoms with Crippen LogP contribution in [0.15, 0.2) is 127 Å². The van der Waals surface area contributed by atoms with E-state index in [1.54, 1.807) is 6.07 Å². The van der Waals surface area contributed by atoms with E-state index >= 15 is 0 Å². The van der Waals surface area contributed by atoms with Gasteiger partial charge in [0.15, 0.2) is 5.75 Å². The minimum atomic E-state index is -5.13. The van der Waals surface area contributed by atoms with Crippen molar-refractivity contribution in [1.29, 1.82) is 0 Å². The number of hydrogen-bond acceptors (Lipinski definition) is 11. The van der Waals surface area contributed by atoms with E-state index < -0.39 is 41.5 Å². The Labute approximate surface area is 278 Å². The number of aromatic hydroxyl groups is 1. The summed E-state index contributed by atoms with van der Waals surface area (Å²) in [5, 5.41) is 30.4.